The van der Waals surface area contributed by atoms with Gasteiger partial charge in [-0.15, -0.1) is 0 Å². The molecule has 0 saturated heterocycles. The molecule has 0 amide bonds. The smallest absolute Gasteiger partial charge is 0.343 e. The standard InChI is InChI=1S/C20H24N2O2/c1-13-2-4-14(5-3-13)15-6-8-19(9-7-15)24-20(23)16-10-17(21)12-18(22)11-16/h6-14H,2-5,21-22H2,1H3. The lowest BCUT2D eigenvalue weighted by molar-refractivity contribution is 0.0735. The van der Waals surface area contributed by atoms with Crippen LogP contribution in [0.1, 0.15) is 54.4 Å². The Morgan fingerprint density at radius 3 is 2.12 bits per heavy atom. The molecule has 0 atom stereocenters. The fourth-order valence-electron chi connectivity index (χ4n) is 3.36. The highest BCUT2D eigenvalue weighted by Gasteiger charge is 2.19. The monoisotopic (exact) mass is 324 g/mol. The number of hydrogen-bond donors (Lipinski definition) is 2. The van der Waals surface area contributed by atoms with Gasteiger partial charge in [-0.2, -0.15) is 0 Å². The molecule has 0 bridgehead atoms. The lowest BCUT2D eigenvalue weighted by atomic mass is 9.79. The summed E-state index contributed by atoms with van der Waals surface area (Å²) in [5.41, 5.74) is 14.0. The predicted octanol–water partition coefficient (Wildman–Crippen LogP) is 4.36. The fraction of sp³-hybridized carbons (Fsp3) is 0.350. The Kier molecular flexibility index (Phi) is 4.74. The highest BCUT2D eigenvalue weighted by Crippen LogP contribution is 2.36. The molecule has 1 aliphatic carbocycles. The molecule has 1 fully saturated rings. The summed E-state index contributed by atoms with van der Waals surface area (Å²) in [6, 6.07) is 12.6. The third kappa shape index (κ3) is 3.88. The van der Waals surface area contributed by atoms with E-state index in [4.69, 9.17) is 16.2 Å². The Morgan fingerprint density at radius 1 is 0.958 bits per heavy atom. The van der Waals surface area contributed by atoms with Crippen molar-refractivity contribution in [2.24, 2.45) is 5.92 Å². The lowest BCUT2D eigenvalue weighted by Gasteiger charge is -2.26. The second-order valence-corrected chi connectivity index (χ2v) is 6.80. The number of benzene rings is 2. The van der Waals surface area contributed by atoms with Crippen LogP contribution in [0.25, 0.3) is 0 Å². The molecule has 126 valence electrons. The van der Waals surface area contributed by atoms with Crippen LogP contribution < -0.4 is 16.2 Å². The summed E-state index contributed by atoms with van der Waals surface area (Å²) in [6.45, 7) is 2.32. The molecule has 0 aromatic heterocycles. The minimum absolute atomic E-state index is 0.359. The molecule has 4 heteroatoms. The van der Waals surface area contributed by atoms with Gasteiger partial charge in [0.2, 0.25) is 0 Å². The Labute approximate surface area is 142 Å². The van der Waals surface area contributed by atoms with Gasteiger partial charge in [0.15, 0.2) is 0 Å². The molecule has 1 aliphatic rings. The van der Waals surface area contributed by atoms with Crippen molar-refractivity contribution in [1.82, 2.24) is 0 Å². The van der Waals surface area contributed by atoms with E-state index in [-0.39, 0.29) is 0 Å². The maximum atomic E-state index is 12.2. The predicted molar refractivity (Wildman–Crippen MR) is 97.0 cm³/mol. The first-order valence-electron chi connectivity index (χ1n) is 8.49. The highest BCUT2D eigenvalue weighted by atomic mass is 16.5. The van der Waals surface area contributed by atoms with E-state index in [0.29, 0.717) is 28.6 Å². The van der Waals surface area contributed by atoms with E-state index in [1.165, 1.54) is 31.2 Å². The van der Waals surface area contributed by atoms with Crippen LogP contribution in [0.2, 0.25) is 0 Å². The zero-order valence-corrected chi connectivity index (χ0v) is 14.0. The number of ether oxygens (including phenoxy) is 1. The molecular weight excluding hydrogens is 300 g/mol. The quantitative estimate of drug-likeness (QED) is 0.499. The molecule has 0 radical (unpaired) electrons. The molecule has 4 nitrogen and oxygen atoms in total. The molecule has 2 aromatic carbocycles. The van der Waals surface area contributed by atoms with Gasteiger partial charge in [-0.05, 0) is 60.6 Å². The first kappa shape index (κ1) is 16.4. The maximum Gasteiger partial charge on any atom is 0.343 e. The van der Waals surface area contributed by atoms with Crippen LogP contribution in [0.15, 0.2) is 42.5 Å². The number of carbonyl (C=O) groups is 1. The first-order valence-corrected chi connectivity index (χ1v) is 8.49. The maximum absolute atomic E-state index is 12.2. The van der Waals surface area contributed by atoms with Gasteiger partial charge in [-0.1, -0.05) is 31.9 Å². The van der Waals surface area contributed by atoms with E-state index in [1.807, 2.05) is 12.1 Å². The average molecular weight is 324 g/mol. The minimum Gasteiger partial charge on any atom is -0.423 e. The van der Waals surface area contributed by atoms with Gasteiger partial charge in [0, 0.05) is 11.4 Å². The van der Waals surface area contributed by atoms with Crippen molar-refractivity contribution in [3.63, 3.8) is 0 Å². The molecule has 4 N–H and O–H groups in total. The molecule has 2 aromatic rings. The number of esters is 1. The van der Waals surface area contributed by atoms with Crippen molar-refractivity contribution in [2.45, 2.75) is 38.5 Å². The van der Waals surface area contributed by atoms with Crippen molar-refractivity contribution >= 4 is 17.3 Å². The van der Waals surface area contributed by atoms with Crippen LogP contribution in [-0.4, -0.2) is 5.97 Å². The molecule has 0 unspecified atom stereocenters. The number of nitrogen functional groups attached to an aromatic ring is 2. The van der Waals surface area contributed by atoms with Crippen LogP contribution >= 0.6 is 0 Å². The van der Waals surface area contributed by atoms with Gasteiger partial charge in [-0.25, -0.2) is 4.79 Å². The van der Waals surface area contributed by atoms with Crippen LogP contribution in [0.3, 0.4) is 0 Å². The largest absolute Gasteiger partial charge is 0.423 e. The first-order chi connectivity index (χ1) is 11.5. The molecular formula is C20H24N2O2. The topological polar surface area (TPSA) is 78.3 Å². The van der Waals surface area contributed by atoms with Crippen LogP contribution in [0.4, 0.5) is 11.4 Å². The van der Waals surface area contributed by atoms with Crippen molar-refractivity contribution in [2.75, 3.05) is 11.5 Å². The summed E-state index contributed by atoms with van der Waals surface area (Å²) in [6.07, 6.45) is 5.06. The summed E-state index contributed by atoms with van der Waals surface area (Å²) in [7, 11) is 0. The van der Waals surface area contributed by atoms with Crippen LogP contribution in [-0.2, 0) is 0 Å². The van der Waals surface area contributed by atoms with E-state index in [0.717, 1.165) is 5.92 Å². The number of anilines is 2. The third-order valence-electron chi connectivity index (χ3n) is 4.79. The van der Waals surface area contributed by atoms with Crippen molar-refractivity contribution < 1.29 is 9.53 Å². The summed E-state index contributed by atoms with van der Waals surface area (Å²) in [5.74, 6) is 1.55. The summed E-state index contributed by atoms with van der Waals surface area (Å²) in [5, 5.41) is 0. The van der Waals surface area contributed by atoms with Gasteiger partial charge in [-0.3, -0.25) is 0 Å². The van der Waals surface area contributed by atoms with E-state index in [9.17, 15) is 4.79 Å². The fourth-order valence-corrected chi connectivity index (χ4v) is 3.36. The van der Waals surface area contributed by atoms with Crippen LogP contribution in [0.5, 0.6) is 5.75 Å². The Balaban J connectivity index is 1.66. The summed E-state index contributed by atoms with van der Waals surface area (Å²) < 4.78 is 5.42. The minimum atomic E-state index is -0.451. The van der Waals surface area contributed by atoms with Crippen molar-refractivity contribution in [3.05, 3.63) is 53.6 Å². The van der Waals surface area contributed by atoms with Gasteiger partial charge >= 0.3 is 5.97 Å². The SMILES string of the molecule is CC1CCC(c2ccc(OC(=O)c3cc(N)cc(N)c3)cc2)CC1. The molecule has 0 aliphatic heterocycles. The summed E-state index contributed by atoms with van der Waals surface area (Å²) in [4.78, 5) is 12.2. The highest BCUT2D eigenvalue weighted by molar-refractivity contribution is 5.93. The lowest BCUT2D eigenvalue weighted by Crippen LogP contribution is -2.11. The van der Waals surface area contributed by atoms with Gasteiger partial charge in [0.1, 0.15) is 5.75 Å². The average Bonchev–Trinajstić information content (AvgIpc) is 2.55. The molecule has 0 heterocycles. The second kappa shape index (κ2) is 6.95. The zero-order valence-electron chi connectivity index (χ0n) is 14.0. The van der Waals surface area contributed by atoms with Crippen molar-refractivity contribution in [1.29, 1.82) is 0 Å². The van der Waals surface area contributed by atoms with E-state index < -0.39 is 5.97 Å². The van der Waals surface area contributed by atoms with E-state index >= 15 is 0 Å². The second-order valence-electron chi connectivity index (χ2n) is 6.80. The Morgan fingerprint density at radius 2 is 1.54 bits per heavy atom. The van der Waals surface area contributed by atoms with Gasteiger partial charge in [0.05, 0.1) is 5.56 Å². The van der Waals surface area contributed by atoms with Gasteiger partial charge < -0.3 is 16.2 Å². The number of carbonyl (C=O) groups excluding carboxylic acids is 1. The third-order valence-corrected chi connectivity index (χ3v) is 4.79. The molecule has 24 heavy (non-hydrogen) atoms. The van der Waals surface area contributed by atoms with E-state index in [2.05, 4.69) is 19.1 Å². The molecule has 1 saturated carbocycles. The van der Waals surface area contributed by atoms with Crippen LogP contribution in [0, 0.1) is 5.92 Å². The van der Waals surface area contributed by atoms with E-state index in [1.54, 1.807) is 18.2 Å². The zero-order chi connectivity index (χ0) is 17.1. The van der Waals surface area contributed by atoms with Crippen molar-refractivity contribution in [3.8, 4) is 5.75 Å². The number of nitrogens with two attached hydrogens (primary N) is 2. The number of hydrogen-bond acceptors (Lipinski definition) is 4. The number of rotatable bonds is 3. The molecule has 3 rings (SSSR count). The normalized spacial score (nSPS) is 20.5. The Bertz CT molecular complexity index is 697. The Hall–Kier alpha value is -2.49. The summed E-state index contributed by atoms with van der Waals surface area (Å²) >= 11 is 0. The van der Waals surface area contributed by atoms with Gasteiger partial charge in [0.25, 0.3) is 0 Å². The molecule has 0 spiro atoms.